The van der Waals surface area contributed by atoms with Crippen LogP contribution < -0.4 is 10.6 Å². The number of alkyl halides is 2. The number of nitrogens with zero attached hydrogens (tertiary/aromatic N) is 1. The summed E-state index contributed by atoms with van der Waals surface area (Å²) in [5.74, 6) is -3.48. The van der Waals surface area contributed by atoms with E-state index in [0.29, 0.717) is 12.8 Å². The second kappa shape index (κ2) is 8.02. The summed E-state index contributed by atoms with van der Waals surface area (Å²) in [4.78, 5) is 38.0. The number of carbonyl (C=O) groups excluding carboxylic acids is 3. The van der Waals surface area contributed by atoms with Crippen LogP contribution in [-0.2, 0) is 9.59 Å². The number of hydrogen-bond acceptors (Lipinski definition) is 4. The highest BCUT2D eigenvalue weighted by atomic mass is 35.5. The molecule has 10 heteroatoms. The highest BCUT2D eigenvalue weighted by Gasteiger charge is 2.52. The molecule has 4 amide bonds. The number of carbonyl (C=O) groups is 3. The molecular weight excluding hydrogens is 400 g/mol. The Bertz CT molecular complexity index is 772. The molecule has 2 aliphatic rings. The van der Waals surface area contributed by atoms with Crippen molar-refractivity contribution in [3.63, 3.8) is 0 Å². The van der Waals surface area contributed by atoms with Gasteiger partial charge in [0.1, 0.15) is 5.54 Å². The lowest BCUT2D eigenvalue weighted by atomic mass is 9.98. The van der Waals surface area contributed by atoms with E-state index in [0.717, 1.165) is 17.7 Å². The second-order valence-electron chi connectivity index (χ2n) is 6.47. The van der Waals surface area contributed by atoms with E-state index in [1.165, 1.54) is 18.2 Å². The quantitative estimate of drug-likeness (QED) is 0.544. The minimum atomic E-state index is -2.69. The maximum atomic E-state index is 12.7. The lowest BCUT2D eigenvalue weighted by Crippen LogP contribution is -2.44. The number of imide groups is 1. The van der Waals surface area contributed by atoms with Crippen LogP contribution in [0.4, 0.5) is 19.3 Å². The lowest BCUT2D eigenvalue weighted by Gasteiger charge is -2.20. The summed E-state index contributed by atoms with van der Waals surface area (Å²) in [7, 11) is 0. The van der Waals surface area contributed by atoms with Crippen molar-refractivity contribution in [2.24, 2.45) is 0 Å². The van der Waals surface area contributed by atoms with Crippen LogP contribution in [0.15, 0.2) is 23.1 Å². The van der Waals surface area contributed by atoms with Gasteiger partial charge < -0.3 is 10.6 Å². The van der Waals surface area contributed by atoms with Crippen LogP contribution in [0.1, 0.15) is 32.1 Å². The molecule has 1 heterocycles. The van der Waals surface area contributed by atoms with E-state index >= 15 is 0 Å². The molecule has 0 bridgehead atoms. The van der Waals surface area contributed by atoms with Crippen molar-refractivity contribution in [3.05, 3.63) is 23.2 Å². The number of hydrogen-bond donors (Lipinski definition) is 2. The molecule has 3 rings (SSSR count). The van der Waals surface area contributed by atoms with E-state index in [2.05, 4.69) is 10.6 Å². The maximum absolute atomic E-state index is 12.7. The van der Waals surface area contributed by atoms with Crippen LogP contribution in [0.3, 0.4) is 0 Å². The monoisotopic (exact) mass is 417 g/mol. The van der Waals surface area contributed by atoms with E-state index in [1.54, 1.807) is 0 Å². The molecule has 1 saturated carbocycles. The Balaban J connectivity index is 1.62. The van der Waals surface area contributed by atoms with Crippen molar-refractivity contribution in [1.29, 1.82) is 0 Å². The highest BCUT2D eigenvalue weighted by Crippen LogP contribution is 2.38. The number of amides is 4. The van der Waals surface area contributed by atoms with Gasteiger partial charge in [-0.3, -0.25) is 14.5 Å². The number of anilines is 1. The molecule has 0 unspecified atom stereocenters. The molecule has 27 heavy (non-hydrogen) atoms. The fourth-order valence-corrected chi connectivity index (χ4v) is 4.35. The molecule has 0 atom stereocenters. The third kappa shape index (κ3) is 4.19. The van der Waals surface area contributed by atoms with Gasteiger partial charge in [-0.25, -0.2) is 4.79 Å². The summed E-state index contributed by atoms with van der Waals surface area (Å²) in [5.41, 5.74) is -0.649. The average molecular weight is 418 g/mol. The SMILES string of the molecule is O=C(CCN1C(=O)NC2(CCCC2)C1=O)Nc1cccc(Cl)c1SC(F)F. The van der Waals surface area contributed by atoms with Gasteiger partial charge in [0.05, 0.1) is 15.6 Å². The summed E-state index contributed by atoms with van der Waals surface area (Å²) in [6.45, 7) is -0.0733. The first kappa shape index (κ1) is 19.9. The minimum Gasteiger partial charge on any atom is -0.325 e. The number of nitrogens with one attached hydrogen (secondary N) is 2. The number of benzene rings is 1. The Morgan fingerprint density at radius 1 is 1.33 bits per heavy atom. The van der Waals surface area contributed by atoms with E-state index in [4.69, 9.17) is 11.6 Å². The van der Waals surface area contributed by atoms with Gasteiger partial charge in [-0.05, 0) is 25.0 Å². The van der Waals surface area contributed by atoms with Crippen molar-refractivity contribution in [2.75, 3.05) is 11.9 Å². The minimum absolute atomic E-state index is 0.0717. The summed E-state index contributed by atoms with van der Waals surface area (Å²) in [5, 5.41) is 5.37. The molecule has 1 aliphatic carbocycles. The Kier molecular flexibility index (Phi) is 5.90. The predicted molar refractivity (Wildman–Crippen MR) is 98.0 cm³/mol. The second-order valence-corrected chi connectivity index (χ2v) is 7.88. The van der Waals surface area contributed by atoms with E-state index in [-0.39, 0.29) is 46.2 Å². The van der Waals surface area contributed by atoms with E-state index < -0.39 is 23.2 Å². The summed E-state index contributed by atoms with van der Waals surface area (Å²) < 4.78 is 25.4. The van der Waals surface area contributed by atoms with Gasteiger partial charge in [-0.15, -0.1) is 0 Å². The van der Waals surface area contributed by atoms with Crippen LogP contribution in [0.2, 0.25) is 5.02 Å². The molecule has 1 spiro atoms. The van der Waals surface area contributed by atoms with Gasteiger partial charge >= 0.3 is 6.03 Å². The third-order valence-corrected chi connectivity index (χ3v) is 5.99. The van der Waals surface area contributed by atoms with Crippen molar-refractivity contribution >= 4 is 46.9 Å². The standard InChI is InChI=1S/C17H18ClF2N3O3S/c18-10-4-3-5-11(13(10)27-15(19)20)21-12(24)6-9-23-14(25)17(22-16(23)26)7-1-2-8-17/h3-5,15H,1-2,6-9H2,(H,21,24)(H,22,26). The Labute approximate surface area is 164 Å². The Morgan fingerprint density at radius 2 is 2.04 bits per heavy atom. The molecule has 1 saturated heterocycles. The first-order valence-electron chi connectivity index (χ1n) is 8.50. The maximum Gasteiger partial charge on any atom is 0.325 e. The molecule has 2 fully saturated rings. The van der Waals surface area contributed by atoms with Gasteiger partial charge in [0.25, 0.3) is 11.7 Å². The van der Waals surface area contributed by atoms with Crippen molar-refractivity contribution in [1.82, 2.24) is 10.2 Å². The zero-order valence-corrected chi connectivity index (χ0v) is 15.8. The largest absolute Gasteiger partial charge is 0.325 e. The van der Waals surface area contributed by atoms with Crippen molar-refractivity contribution < 1.29 is 23.2 Å². The normalized spacial score (nSPS) is 18.4. The van der Waals surface area contributed by atoms with Gasteiger partial charge in [0.2, 0.25) is 5.91 Å². The summed E-state index contributed by atoms with van der Waals surface area (Å²) >= 11 is 6.18. The van der Waals surface area contributed by atoms with Gasteiger partial charge in [0.15, 0.2) is 0 Å². The van der Waals surface area contributed by atoms with Crippen molar-refractivity contribution in [3.8, 4) is 0 Å². The number of rotatable bonds is 6. The fraction of sp³-hybridized carbons (Fsp3) is 0.471. The van der Waals surface area contributed by atoms with E-state index in [1.807, 2.05) is 0 Å². The van der Waals surface area contributed by atoms with E-state index in [9.17, 15) is 23.2 Å². The average Bonchev–Trinajstić information content (AvgIpc) is 3.15. The number of thioether (sulfide) groups is 1. The fourth-order valence-electron chi connectivity index (χ4n) is 3.44. The zero-order valence-electron chi connectivity index (χ0n) is 14.3. The summed E-state index contributed by atoms with van der Waals surface area (Å²) in [6.07, 6.45) is 2.83. The van der Waals surface area contributed by atoms with Crippen LogP contribution in [0, 0.1) is 0 Å². The number of halogens is 3. The zero-order chi connectivity index (χ0) is 19.6. The molecule has 0 radical (unpaired) electrons. The topological polar surface area (TPSA) is 78.5 Å². The Morgan fingerprint density at radius 3 is 2.70 bits per heavy atom. The highest BCUT2D eigenvalue weighted by molar-refractivity contribution is 7.99. The van der Waals surface area contributed by atoms with Crippen LogP contribution in [0.5, 0.6) is 0 Å². The smallest absolute Gasteiger partial charge is 0.325 e. The van der Waals surface area contributed by atoms with Crippen LogP contribution in [0.25, 0.3) is 0 Å². The molecule has 1 aromatic rings. The first-order valence-corrected chi connectivity index (χ1v) is 9.75. The first-order chi connectivity index (χ1) is 12.8. The van der Waals surface area contributed by atoms with Crippen LogP contribution in [-0.4, -0.2) is 40.6 Å². The predicted octanol–water partition coefficient (Wildman–Crippen LogP) is 3.85. The molecule has 6 nitrogen and oxygen atoms in total. The number of urea groups is 1. The molecule has 1 aromatic carbocycles. The molecule has 2 N–H and O–H groups in total. The van der Waals surface area contributed by atoms with Crippen molar-refractivity contribution in [2.45, 2.75) is 48.3 Å². The third-order valence-electron chi connectivity index (χ3n) is 4.71. The van der Waals surface area contributed by atoms with Gasteiger partial charge in [-0.1, -0.05) is 42.3 Å². The summed E-state index contributed by atoms with van der Waals surface area (Å²) in [6, 6.07) is 3.96. The molecule has 1 aliphatic heterocycles. The van der Waals surface area contributed by atoms with Gasteiger partial charge in [-0.2, -0.15) is 8.78 Å². The Hall–Kier alpha value is -1.87. The molecule has 0 aromatic heterocycles. The molecular formula is C17H18ClF2N3O3S. The van der Waals surface area contributed by atoms with Gasteiger partial charge in [0, 0.05) is 13.0 Å². The van der Waals surface area contributed by atoms with Crippen LogP contribution >= 0.6 is 23.4 Å². The molecule has 146 valence electrons. The lowest BCUT2D eigenvalue weighted by molar-refractivity contribution is -0.131.